The van der Waals surface area contributed by atoms with Gasteiger partial charge in [-0.15, -0.1) is 0 Å². The van der Waals surface area contributed by atoms with E-state index in [1.807, 2.05) is 6.07 Å². The van der Waals surface area contributed by atoms with Gasteiger partial charge in [-0.05, 0) is 6.07 Å². The molecule has 0 aliphatic carbocycles. The second-order valence-electron chi connectivity index (χ2n) is 2.31. The lowest BCUT2D eigenvalue weighted by Crippen LogP contribution is -2.01. The highest BCUT2D eigenvalue weighted by molar-refractivity contribution is 5.77. The number of nitrogens with zero attached hydrogens (tertiary/aromatic N) is 1. The van der Waals surface area contributed by atoms with Gasteiger partial charge in [0.25, 0.3) is 5.56 Å². The van der Waals surface area contributed by atoms with Crippen molar-refractivity contribution in [3.8, 4) is 6.07 Å². The van der Waals surface area contributed by atoms with E-state index in [9.17, 15) is 4.79 Å². The van der Waals surface area contributed by atoms with Crippen LogP contribution in [0.1, 0.15) is 5.76 Å². The molecule has 0 amide bonds. The summed E-state index contributed by atoms with van der Waals surface area (Å²) in [5, 5.41) is 8.88. The molecule has 4 nitrogen and oxygen atoms in total. The standard InChI is InChI=1S/C8H4N2O2/c9-4-5-3-6-7(12-5)1-2-10-8(6)11/h1-3H,(H,10,11). The summed E-state index contributed by atoms with van der Waals surface area (Å²) in [6.07, 6.45) is 1.48. The van der Waals surface area contributed by atoms with Crippen molar-refractivity contribution in [2.75, 3.05) is 0 Å². The second-order valence-corrected chi connectivity index (χ2v) is 2.31. The number of hydrogen-bond donors (Lipinski definition) is 1. The van der Waals surface area contributed by atoms with Crippen LogP contribution >= 0.6 is 0 Å². The summed E-state index contributed by atoms with van der Waals surface area (Å²) >= 11 is 0. The number of rotatable bonds is 0. The number of fused-ring (bicyclic) bond motifs is 1. The van der Waals surface area contributed by atoms with Crippen molar-refractivity contribution in [2.24, 2.45) is 0 Å². The largest absolute Gasteiger partial charge is 0.445 e. The van der Waals surface area contributed by atoms with Crippen LogP contribution < -0.4 is 5.56 Å². The summed E-state index contributed by atoms with van der Waals surface area (Å²) in [5.74, 6) is 0.154. The van der Waals surface area contributed by atoms with Gasteiger partial charge in [-0.3, -0.25) is 4.79 Å². The average molecular weight is 160 g/mol. The van der Waals surface area contributed by atoms with Crippen molar-refractivity contribution >= 4 is 11.0 Å². The molecule has 1 N–H and O–H groups in total. The highest BCUT2D eigenvalue weighted by Gasteiger charge is 2.04. The first kappa shape index (κ1) is 6.68. The zero-order valence-corrected chi connectivity index (χ0v) is 6.00. The maximum atomic E-state index is 11.1. The minimum absolute atomic E-state index is 0.154. The van der Waals surface area contributed by atoms with Crippen molar-refractivity contribution in [3.05, 3.63) is 34.4 Å². The van der Waals surface area contributed by atoms with Crippen molar-refractivity contribution < 1.29 is 4.42 Å². The lowest BCUT2D eigenvalue weighted by atomic mass is 10.3. The van der Waals surface area contributed by atoms with Gasteiger partial charge >= 0.3 is 0 Å². The topological polar surface area (TPSA) is 69.8 Å². The maximum absolute atomic E-state index is 11.1. The van der Waals surface area contributed by atoms with E-state index >= 15 is 0 Å². The van der Waals surface area contributed by atoms with Gasteiger partial charge in [0, 0.05) is 12.3 Å². The summed E-state index contributed by atoms with van der Waals surface area (Å²) in [6, 6.07) is 4.86. The molecule has 0 saturated carbocycles. The van der Waals surface area contributed by atoms with E-state index in [0.29, 0.717) is 11.0 Å². The van der Waals surface area contributed by atoms with Gasteiger partial charge in [0.1, 0.15) is 11.7 Å². The fourth-order valence-electron chi connectivity index (χ4n) is 1.03. The molecule has 0 bridgehead atoms. The van der Waals surface area contributed by atoms with Gasteiger partial charge < -0.3 is 9.40 Å². The van der Waals surface area contributed by atoms with E-state index in [-0.39, 0.29) is 11.3 Å². The third kappa shape index (κ3) is 0.805. The minimum Gasteiger partial charge on any atom is -0.445 e. The Labute approximate surface area is 67.0 Å². The van der Waals surface area contributed by atoms with Crippen LogP contribution in [0.3, 0.4) is 0 Å². The first-order valence-electron chi connectivity index (χ1n) is 3.32. The molecule has 2 aromatic heterocycles. The van der Waals surface area contributed by atoms with Crippen LogP contribution in [0.2, 0.25) is 0 Å². The molecule has 0 radical (unpaired) electrons. The third-order valence-electron chi connectivity index (χ3n) is 1.56. The van der Waals surface area contributed by atoms with Gasteiger partial charge in [0.15, 0.2) is 0 Å². The molecule has 0 atom stereocenters. The zero-order chi connectivity index (χ0) is 8.55. The Bertz CT molecular complexity index is 516. The van der Waals surface area contributed by atoms with Crippen LogP contribution in [0.15, 0.2) is 27.5 Å². The highest BCUT2D eigenvalue weighted by Crippen LogP contribution is 2.13. The minimum atomic E-state index is -0.238. The molecule has 0 spiro atoms. The Morgan fingerprint density at radius 2 is 2.42 bits per heavy atom. The number of H-pyrrole nitrogens is 1. The van der Waals surface area contributed by atoms with Crippen LogP contribution in [-0.2, 0) is 0 Å². The molecular formula is C8H4N2O2. The number of nitrogens with one attached hydrogen (secondary N) is 1. The number of aromatic nitrogens is 1. The Morgan fingerprint density at radius 1 is 1.58 bits per heavy atom. The Balaban J connectivity index is 2.95. The molecule has 2 rings (SSSR count). The van der Waals surface area contributed by atoms with Gasteiger partial charge in [0.05, 0.1) is 5.39 Å². The predicted octanol–water partition coefficient (Wildman–Crippen LogP) is 0.993. The molecule has 0 aromatic carbocycles. The number of furan rings is 1. The van der Waals surface area contributed by atoms with E-state index < -0.39 is 0 Å². The first-order valence-corrected chi connectivity index (χ1v) is 3.32. The number of nitriles is 1. The zero-order valence-electron chi connectivity index (χ0n) is 6.00. The fraction of sp³-hybridized carbons (Fsp3) is 0. The van der Waals surface area contributed by atoms with E-state index in [1.54, 1.807) is 6.07 Å². The van der Waals surface area contributed by atoms with Crippen molar-refractivity contribution in [2.45, 2.75) is 0 Å². The molecule has 2 heterocycles. The molecular weight excluding hydrogens is 156 g/mol. The van der Waals surface area contributed by atoms with Crippen molar-refractivity contribution in [1.82, 2.24) is 4.98 Å². The van der Waals surface area contributed by atoms with Gasteiger partial charge in [-0.1, -0.05) is 0 Å². The Morgan fingerprint density at radius 3 is 3.08 bits per heavy atom. The van der Waals surface area contributed by atoms with Gasteiger partial charge in [-0.25, -0.2) is 0 Å². The normalized spacial score (nSPS) is 9.92. The lowest BCUT2D eigenvalue weighted by molar-refractivity contribution is 0.599. The van der Waals surface area contributed by atoms with Crippen LogP contribution in [0, 0.1) is 11.3 Å². The summed E-state index contributed by atoms with van der Waals surface area (Å²) in [6.45, 7) is 0. The summed E-state index contributed by atoms with van der Waals surface area (Å²) in [7, 11) is 0. The second kappa shape index (κ2) is 2.24. The molecule has 0 aliphatic heterocycles. The maximum Gasteiger partial charge on any atom is 0.259 e. The number of aromatic amines is 1. The highest BCUT2D eigenvalue weighted by atomic mass is 16.3. The van der Waals surface area contributed by atoms with Crippen molar-refractivity contribution in [3.63, 3.8) is 0 Å². The molecule has 4 heteroatoms. The number of pyridine rings is 1. The van der Waals surface area contributed by atoms with Crippen LogP contribution in [0.5, 0.6) is 0 Å². The molecule has 12 heavy (non-hydrogen) atoms. The smallest absolute Gasteiger partial charge is 0.259 e. The molecule has 2 aromatic rings. The number of hydrogen-bond acceptors (Lipinski definition) is 3. The first-order chi connectivity index (χ1) is 5.81. The van der Waals surface area contributed by atoms with E-state index in [0.717, 1.165) is 0 Å². The SMILES string of the molecule is N#Cc1cc2c(=O)[nH]ccc2o1. The summed E-state index contributed by atoms with van der Waals surface area (Å²) in [5.41, 5.74) is 0.202. The molecule has 0 saturated heterocycles. The third-order valence-corrected chi connectivity index (χ3v) is 1.56. The fourth-order valence-corrected chi connectivity index (χ4v) is 1.03. The Hall–Kier alpha value is -2.02. The predicted molar refractivity (Wildman–Crippen MR) is 41.5 cm³/mol. The summed E-state index contributed by atoms with van der Waals surface area (Å²) in [4.78, 5) is 13.6. The van der Waals surface area contributed by atoms with Crippen molar-refractivity contribution in [1.29, 1.82) is 5.26 Å². The quantitative estimate of drug-likeness (QED) is 0.624. The average Bonchev–Trinajstić information content (AvgIpc) is 2.49. The van der Waals surface area contributed by atoms with E-state index in [2.05, 4.69) is 4.98 Å². The lowest BCUT2D eigenvalue weighted by Gasteiger charge is -1.82. The van der Waals surface area contributed by atoms with E-state index in [4.69, 9.17) is 9.68 Å². The molecule has 58 valence electrons. The van der Waals surface area contributed by atoms with Crippen LogP contribution in [0.4, 0.5) is 0 Å². The van der Waals surface area contributed by atoms with Crippen LogP contribution in [-0.4, -0.2) is 4.98 Å². The monoisotopic (exact) mass is 160 g/mol. The summed E-state index contributed by atoms with van der Waals surface area (Å²) < 4.78 is 5.02. The molecule has 0 fully saturated rings. The molecule has 0 aliphatic rings. The van der Waals surface area contributed by atoms with Gasteiger partial charge in [-0.2, -0.15) is 5.26 Å². The van der Waals surface area contributed by atoms with E-state index in [1.165, 1.54) is 12.3 Å². The van der Waals surface area contributed by atoms with Crippen LogP contribution in [0.25, 0.3) is 11.0 Å². The molecule has 0 unspecified atom stereocenters. The van der Waals surface area contributed by atoms with Gasteiger partial charge in [0.2, 0.25) is 5.76 Å². The Kier molecular flexibility index (Phi) is 1.25.